The summed E-state index contributed by atoms with van der Waals surface area (Å²) in [4.78, 5) is 25.9. The van der Waals surface area contributed by atoms with Crippen molar-refractivity contribution in [2.75, 3.05) is 0 Å². The molecule has 1 unspecified atom stereocenters. The lowest BCUT2D eigenvalue weighted by Crippen LogP contribution is -2.44. The van der Waals surface area contributed by atoms with Crippen molar-refractivity contribution in [2.45, 2.75) is 39.4 Å². The van der Waals surface area contributed by atoms with Crippen LogP contribution in [-0.2, 0) is 17.9 Å². The van der Waals surface area contributed by atoms with E-state index in [2.05, 4.69) is 20.7 Å². The van der Waals surface area contributed by atoms with Crippen molar-refractivity contribution in [2.24, 2.45) is 0 Å². The zero-order valence-electron chi connectivity index (χ0n) is 10.4. The molecule has 1 rings (SSSR count). The molecule has 0 aliphatic carbocycles. The van der Waals surface area contributed by atoms with Gasteiger partial charge in [-0.3, -0.25) is 4.79 Å². The smallest absolute Gasteiger partial charge is 0.325 e. The molecule has 0 saturated carbocycles. The Morgan fingerprint density at radius 2 is 2.28 bits per heavy atom. The number of aliphatic carboxylic acids is 1. The maximum Gasteiger partial charge on any atom is 0.325 e. The van der Waals surface area contributed by atoms with E-state index in [1.807, 2.05) is 6.92 Å². The first-order valence-electron chi connectivity index (χ1n) is 5.68. The van der Waals surface area contributed by atoms with Crippen LogP contribution >= 0.6 is 0 Å². The van der Waals surface area contributed by atoms with E-state index < -0.39 is 18.0 Å². The van der Waals surface area contributed by atoms with Gasteiger partial charge in [0.05, 0.1) is 6.54 Å². The highest BCUT2D eigenvalue weighted by Crippen LogP contribution is 1.95. The highest BCUT2D eigenvalue weighted by atomic mass is 16.4. The molecular weight excluding hydrogens is 238 g/mol. The second kappa shape index (κ2) is 6.58. The maximum atomic E-state index is 11.4. The predicted octanol–water partition coefficient (Wildman–Crippen LogP) is -0.0396. The Labute approximate surface area is 104 Å². The van der Waals surface area contributed by atoms with Crippen LogP contribution in [0.2, 0.25) is 0 Å². The van der Waals surface area contributed by atoms with Crippen LogP contribution in [0.5, 0.6) is 0 Å². The summed E-state index contributed by atoms with van der Waals surface area (Å²) in [6, 6.07) is -1.48. The summed E-state index contributed by atoms with van der Waals surface area (Å²) in [6.45, 7) is 4.34. The van der Waals surface area contributed by atoms with E-state index in [4.69, 9.17) is 5.11 Å². The number of aryl methyl sites for hydroxylation is 1. The van der Waals surface area contributed by atoms with Crippen LogP contribution in [0.1, 0.15) is 26.1 Å². The van der Waals surface area contributed by atoms with Gasteiger partial charge in [0.15, 0.2) is 0 Å². The van der Waals surface area contributed by atoms with Gasteiger partial charge in [0.25, 0.3) is 0 Å². The van der Waals surface area contributed by atoms with Crippen molar-refractivity contribution in [1.29, 1.82) is 0 Å². The van der Waals surface area contributed by atoms with E-state index in [9.17, 15) is 9.59 Å². The Balaban J connectivity index is 2.42. The van der Waals surface area contributed by atoms with Crippen LogP contribution < -0.4 is 10.6 Å². The number of nitrogens with one attached hydrogen (secondary N) is 2. The number of carbonyl (C=O) groups excluding carboxylic acids is 1. The van der Waals surface area contributed by atoms with Crippen LogP contribution in [0.15, 0.2) is 6.33 Å². The average Bonchev–Trinajstić information content (AvgIpc) is 2.74. The summed E-state index contributed by atoms with van der Waals surface area (Å²) in [5, 5.41) is 17.5. The highest BCUT2D eigenvalue weighted by molar-refractivity contribution is 5.81. The van der Waals surface area contributed by atoms with Gasteiger partial charge in [-0.15, -0.1) is 0 Å². The fourth-order valence-electron chi connectivity index (χ4n) is 1.29. The van der Waals surface area contributed by atoms with Crippen molar-refractivity contribution in [1.82, 2.24) is 25.4 Å². The molecule has 0 aromatic carbocycles. The molecule has 1 atom stereocenters. The zero-order chi connectivity index (χ0) is 13.5. The molecule has 0 aliphatic rings. The van der Waals surface area contributed by atoms with Gasteiger partial charge in [0.2, 0.25) is 0 Å². The minimum Gasteiger partial charge on any atom is -0.480 e. The lowest BCUT2D eigenvalue weighted by atomic mass is 10.3. The van der Waals surface area contributed by atoms with Crippen LogP contribution in [0.4, 0.5) is 4.79 Å². The van der Waals surface area contributed by atoms with Crippen molar-refractivity contribution < 1.29 is 14.7 Å². The molecule has 0 bridgehead atoms. The number of aromatic nitrogens is 3. The lowest BCUT2D eigenvalue weighted by Gasteiger charge is -2.10. The minimum absolute atomic E-state index is 0.207. The van der Waals surface area contributed by atoms with Gasteiger partial charge in [0, 0.05) is 6.54 Å². The largest absolute Gasteiger partial charge is 0.480 e. The van der Waals surface area contributed by atoms with Gasteiger partial charge in [0.1, 0.15) is 18.2 Å². The summed E-state index contributed by atoms with van der Waals surface area (Å²) in [6.07, 6.45) is 2.34. The molecule has 0 aliphatic heterocycles. The Morgan fingerprint density at radius 3 is 2.89 bits per heavy atom. The van der Waals surface area contributed by atoms with Gasteiger partial charge in [-0.25, -0.2) is 14.5 Å². The number of rotatable bonds is 6. The summed E-state index contributed by atoms with van der Waals surface area (Å²) in [5.74, 6) is -0.450. The van der Waals surface area contributed by atoms with Crippen LogP contribution in [0, 0.1) is 0 Å². The third-order valence-corrected chi connectivity index (χ3v) is 2.26. The second-order valence-electron chi connectivity index (χ2n) is 3.79. The molecule has 1 aromatic rings. The number of amides is 2. The molecule has 100 valence electrons. The van der Waals surface area contributed by atoms with Crippen LogP contribution in [0.3, 0.4) is 0 Å². The maximum absolute atomic E-state index is 11.4. The van der Waals surface area contributed by atoms with Crippen molar-refractivity contribution in [3.8, 4) is 0 Å². The monoisotopic (exact) mass is 255 g/mol. The molecule has 0 radical (unpaired) electrons. The van der Waals surface area contributed by atoms with Gasteiger partial charge >= 0.3 is 12.0 Å². The molecule has 0 spiro atoms. The fraction of sp³-hybridized carbons (Fsp3) is 0.600. The number of hydrogen-bond acceptors (Lipinski definition) is 4. The van der Waals surface area contributed by atoms with Gasteiger partial charge in [-0.1, -0.05) is 6.92 Å². The Hall–Kier alpha value is -2.12. The van der Waals surface area contributed by atoms with Gasteiger partial charge in [-0.2, -0.15) is 5.10 Å². The van der Waals surface area contributed by atoms with Crippen molar-refractivity contribution in [3.63, 3.8) is 0 Å². The van der Waals surface area contributed by atoms with E-state index in [0.717, 1.165) is 13.0 Å². The molecular formula is C10H17N5O3. The number of carboxylic acid groups (broad SMARTS) is 1. The SMILES string of the molecule is CCCn1ncnc1CNC(=O)NC(C)C(=O)O. The van der Waals surface area contributed by atoms with Crippen molar-refractivity contribution >= 4 is 12.0 Å². The molecule has 2 amide bonds. The first-order chi connectivity index (χ1) is 8.54. The normalized spacial score (nSPS) is 11.9. The standard InChI is InChI=1S/C10H17N5O3/c1-3-4-15-8(12-6-13-15)5-11-10(18)14-7(2)9(16)17/h6-7H,3-5H2,1-2H3,(H,16,17)(H2,11,14,18). The third kappa shape index (κ3) is 4.04. The first kappa shape index (κ1) is 13.9. The molecule has 8 heteroatoms. The molecule has 3 N–H and O–H groups in total. The number of carboxylic acids is 1. The molecule has 0 fully saturated rings. The van der Waals surface area contributed by atoms with Crippen LogP contribution in [0.25, 0.3) is 0 Å². The molecule has 0 saturated heterocycles. The number of urea groups is 1. The van der Waals surface area contributed by atoms with E-state index in [1.165, 1.54) is 13.3 Å². The minimum atomic E-state index is -1.08. The van der Waals surface area contributed by atoms with E-state index in [-0.39, 0.29) is 6.54 Å². The summed E-state index contributed by atoms with van der Waals surface area (Å²) < 4.78 is 1.70. The topological polar surface area (TPSA) is 109 Å². The molecule has 1 heterocycles. The Morgan fingerprint density at radius 1 is 1.56 bits per heavy atom. The lowest BCUT2D eigenvalue weighted by molar-refractivity contribution is -0.138. The zero-order valence-corrected chi connectivity index (χ0v) is 10.4. The van der Waals surface area contributed by atoms with E-state index in [1.54, 1.807) is 4.68 Å². The molecule has 1 aromatic heterocycles. The predicted molar refractivity (Wildman–Crippen MR) is 62.8 cm³/mol. The fourth-order valence-corrected chi connectivity index (χ4v) is 1.29. The number of hydrogen-bond donors (Lipinski definition) is 3. The average molecular weight is 255 g/mol. The van der Waals surface area contributed by atoms with E-state index >= 15 is 0 Å². The summed E-state index contributed by atoms with van der Waals surface area (Å²) in [5.41, 5.74) is 0. The quantitative estimate of drug-likeness (QED) is 0.660. The van der Waals surface area contributed by atoms with Crippen molar-refractivity contribution in [3.05, 3.63) is 12.2 Å². The van der Waals surface area contributed by atoms with E-state index in [0.29, 0.717) is 5.82 Å². The first-order valence-corrected chi connectivity index (χ1v) is 5.68. The van der Waals surface area contributed by atoms with Crippen LogP contribution in [-0.4, -0.2) is 37.9 Å². The summed E-state index contributed by atoms with van der Waals surface area (Å²) in [7, 11) is 0. The second-order valence-corrected chi connectivity index (χ2v) is 3.79. The summed E-state index contributed by atoms with van der Waals surface area (Å²) >= 11 is 0. The Bertz CT molecular complexity index is 417. The van der Waals surface area contributed by atoms with Gasteiger partial charge < -0.3 is 15.7 Å². The highest BCUT2D eigenvalue weighted by Gasteiger charge is 2.14. The number of nitrogens with zero attached hydrogens (tertiary/aromatic N) is 3. The molecule has 8 nitrogen and oxygen atoms in total. The van der Waals surface area contributed by atoms with Gasteiger partial charge in [-0.05, 0) is 13.3 Å². The third-order valence-electron chi connectivity index (χ3n) is 2.26. The molecule has 18 heavy (non-hydrogen) atoms. The Kier molecular flexibility index (Phi) is 5.09. The number of carbonyl (C=O) groups is 2.